The Hall–Kier alpha value is -1.21. The van der Waals surface area contributed by atoms with Crippen LogP contribution in [0.1, 0.15) is 22.9 Å². The monoisotopic (exact) mass is 310 g/mol. The minimum atomic E-state index is -3.19. The van der Waals surface area contributed by atoms with Crippen LogP contribution >= 0.6 is 11.3 Å². The van der Waals surface area contributed by atoms with Gasteiger partial charge in [0.25, 0.3) is 0 Å². The molecule has 0 aliphatic carbocycles. The summed E-state index contributed by atoms with van der Waals surface area (Å²) >= 11 is 1.71. The molecule has 1 unspecified atom stereocenters. The molecule has 0 fully saturated rings. The first kappa shape index (κ1) is 15.2. The molecule has 0 aliphatic heterocycles. The van der Waals surface area contributed by atoms with E-state index in [2.05, 4.69) is 11.5 Å². The fourth-order valence-corrected chi connectivity index (χ4v) is 3.45. The molecule has 0 radical (unpaired) electrons. The number of thiophene rings is 1. The fourth-order valence-electron chi connectivity index (χ4n) is 2.05. The first-order chi connectivity index (χ1) is 9.50. The second-order valence-corrected chi connectivity index (χ2v) is 7.73. The highest BCUT2D eigenvalue weighted by molar-refractivity contribution is 7.90. The van der Waals surface area contributed by atoms with E-state index in [1.807, 2.05) is 17.5 Å². The summed E-state index contributed by atoms with van der Waals surface area (Å²) in [6, 6.07) is 11.0. The molecule has 4 nitrogen and oxygen atoms in total. The Balaban J connectivity index is 2.15. The van der Waals surface area contributed by atoms with Gasteiger partial charge in [-0.05, 0) is 42.0 Å². The Kier molecular flexibility index (Phi) is 4.93. The van der Waals surface area contributed by atoms with Crippen LogP contribution in [-0.2, 0) is 16.3 Å². The van der Waals surface area contributed by atoms with Crippen LogP contribution in [0.15, 0.2) is 46.7 Å². The topological polar surface area (TPSA) is 72.2 Å². The Morgan fingerprint density at radius 3 is 2.70 bits per heavy atom. The van der Waals surface area contributed by atoms with Crippen LogP contribution < -0.4 is 11.3 Å². The zero-order valence-electron chi connectivity index (χ0n) is 11.2. The fraction of sp³-hybridized carbons (Fsp3) is 0.286. The van der Waals surface area contributed by atoms with E-state index in [1.54, 1.807) is 29.5 Å². The average molecular weight is 310 g/mol. The summed E-state index contributed by atoms with van der Waals surface area (Å²) in [5, 5.41) is 2.05. The molecule has 108 valence electrons. The molecule has 0 aliphatic rings. The van der Waals surface area contributed by atoms with E-state index in [0.717, 1.165) is 18.4 Å². The van der Waals surface area contributed by atoms with Crippen LogP contribution in [0.2, 0.25) is 0 Å². The van der Waals surface area contributed by atoms with Crippen LogP contribution in [0, 0.1) is 0 Å². The van der Waals surface area contributed by atoms with Crippen molar-refractivity contribution in [2.24, 2.45) is 5.84 Å². The molecule has 0 saturated heterocycles. The van der Waals surface area contributed by atoms with E-state index < -0.39 is 9.84 Å². The molecule has 0 spiro atoms. The molecule has 1 heterocycles. The van der Waals surface area contributed by atoms with E-state index >= 15 is 0 Å². The van der Waals surface area contributed by atoms with Gasteiger partial charge in [-0.15, -0.1) is 11.3 Å². The number of hydrazine groups is 1. The second-order valence-electron chi connectivity index (χ2n) is 4.68. The molecule has 1 atom stereocenters. The highest BCUT2D eigenvalue weighted by Gasteiger charge is 2.13. The molecule has 0 bridgehead atoms. The molecular formula is C14H18N2O2S2. The number of aryl methyl sites for hydroxylation is 1. The van der Waals surface area contributed by atoms with Gasteiger partial charge in [0.05, 0.1) is 4.90 Å². The first-order valence-corrected chi connectivity index (χ1v) is 9.06. The molecule has 3 N–H and O–H groups in total. The molecule has 20 heavy (non-hydrogen) atoms. The number of nitrogens with one attached hydrogen (secondary N) is 1. The first-order valence-electron chi connectivity index (χ1n) is 6.29. The summed E-state index contributed by atoms with van der Waals surface area (Å²) in [6.07, 6.45) is 2.95. The zero-order chi connectivity index (χ0) is 14.6. The van der Waals surface area contributed by atoms with Gasteiger partial charge >= 0.3 is 0 Å². The standard InChI is InChI=1S/C14H18N2O2S2/c1-20(17,18)13-6-2-4-11(10-13)14(16-15)8-7-12-5-3-9-19-12/h2-6,9-10,14,16H,7-8,15H2,1H3. The van der Waals surface area contributed by atoms with E-state index in [9.17, 15) is 8.42 Å². The van der Waals surface area contributed by atoms with Crippen LogP contribution in [-0.4, -0.2) is 14.7 Å². The van der Waals surface area contributed by atoms with Crippen molar-refractivity contribution in [2.75, 3.05) is 6.26 Å². The van der Waals surface area contributed by atoms with Gasteiger partial charge in [0, 0.05) is 17.2 Å². The number of hydrogen-bond donors (Lipinski definition) is 2. The van der Waals surface area contributed by atoms with Crippen molar-refractivity contribution in [3.05, 3.63) is 52.2 Å². The Labute approximate surface area is 123 Å². The highest BCUT2D eigenvalue weighted by Crippen LogP contribution is 2.22. The van der Waals surface area contributed by atoms with Gasteiger partial charge in [-0.3, -0.25) is 11.3 Å². The molecule has 1 aromatic carbocycles. The Morgan fingerprint density at radius 1 is 1.30 bits per heavy atom. The van der Waals surface area contributed by atoms with Crippen molar-refractivity contribution in [1.82, 2.24) is 5.43 Å². The summed E-state index contributed by atoms with van der Waals surface area (Å²) in [5.41, 5.74) is 3.66. The van der Waals surface area contributed by atoms with Gasteiger partial charge < -0.3 is 0 Å². The Bertz CT molecular complexity index is 652. The van der Waals surface area contributed by atoms with Crippen molar-refractivity contribution in [3.63, 3.8) is 0 Å². The summed E-state index contributed by atoms with van der Waals surface area (Å²) < 4.78 is 23.2. The number of hydrogen-bond acceptors (Lipinski definition) is 5. The zero-order valence-corrected chi connectivity index (χ0v) is 12.9. The van der Waals surface area contributed by atoms with Crippen LogP contribution in [0.25, 0.3) is 0 Å². The predicted octanol–water partition coefficient (Wildman–Crippen LogP) is 2.29. The lowest BCUT2D eigenvalue weighted by Gasteiger charge is -2.16. The van der Waals surface area contributed by atoms with Crippen LogP contribution in [0.4, 0.5) is 0 Å². The van der Waals surface area contributed by atoms with E-state index in [1.165, 1.54) is 11.1 Å². The van der Waals surface area contributed by atoms with Crippen molar-refractivity contribution in [1.29, 1.82) is 0 Å². The SMILES string of the molecule is CS(=O)(=O)c1cccc(C(CCc2cccs2)NN)c1. The third-order valence-electron chi connectivity index (χ3n) is 3.15. The minimum Gasteiger partial charge on any atom is -0.271 e. The third-order valence-corrected chi connectivity index (χ3v) is 5.20. The second kappa shape index (κ2) is 6.49. The van der Waals surface area contributed by atoms with Gasteiger partial charge in [-0.2, -0.15) is 0 Å². The smallest absolute Gasteiger partial charge is 0.175 e. The number of sulfone groups is 1. The molecule has 6 heteroatoms. The van der Waals surface area contributed by atoms with Crippen molar-refractivity contribution < 1.29 is 8.42 Å². The van der Waals surface area contributed by atoms with Crippen molar-refractivity contribution in [3.8, 4) is 0 Å². The van der Waals surface area contributed by atoms with Crippen molar-refractivity contribution >= 4 is 21.2 Å². The highest BCUT2D eigenvalue weighted by atomic mass is 32.2. The van der Waals surface area contributed by atoms with E-state index in [4.69, 9.17) is 5.84 Å². The molecule has 0 amide bonds. The van der Waals surface area contributed by atoms with Crippen LogP contribution in [0.3, 0.4) is 0 Å². The summed E-state index contributed by atoms with van der Waals surface area (Å²) in [5.74, 6) is 5.61. The number of benzene rings is 1. The van der Waals surface area contributed by atoms with Gasteiger partial charge in [0.15, 0.2) is 9.84 Å². The summed E-state index contributed by atoms with van der Waals surface area (Å²) in [4.78, 5) is 1.62. The summed E-state index contributed by atoms with van der Waals surface area (Å²) in [6.45, 7) is 0. The minimum absolute atomic E-state index is 0.0567. The maximum Gasteiger partial charge on any atom is 0.175 e. The van der Waals surface area contributed by atoms with E-state index in [0.29, 0.717) is 4.90 Å². The maximum absolute atomic E-state index is 11.6. The number of rotatable bonds is 6. The Morgan fingerprint density at radius 2 is 2.10 bits per heavy atom. The molecule has 2 aromatic rings. The summed E-state index contributed by atoms with van der Waals surface area (Å²) in [7, 11) is -3.19. The van der Waals surface area contributed by atoms with Gasteiger partial charge in [0.2, 0.25) is 0 Å². The molecule has 1 aromatic heterocycles. The number of nitrogens with two attached hydrogens (primary N) is 1. The van der Waals surface area contributed by atoms with Crippen LogP contribution in [0.5, 0.6) is 0 Å². The quantitative estimate of drug-likeness (QED) is 0.634. The molecule has 0 saturated carbocycles. The maximum atomic E-state index is 11.6. The van der Waals surface area contributed by atoms with E-state index in [-0.39, 0.29) is 6.04 Å². The lowest BCUT2D eigenvalue weighted by atomic mass is 10.0. The van der Waals surface area contributed by atoms with Gasteiger partial charge in [0.1, 0.15) is 0 Å². The molecular weight excluding hydrogens is 292 g/mol. The normalized spacial score (nSPS) is 13.3. The van der Waals surface area contributed by atoms with Gasteiger partial charge in [-0.25, -0.2) is 8.42 Å². The largest absolute Gasteiger partial charge is 0.271 e. The molecule has 2 rings (SSSR count). The van der Waals surface area contributed by atoms with Crippen molar-refractivity contribution in [2.45, 2.75) is 23.8 Å². The predicted molar refractivity (Wildman–Crippen MR) is 82.3 cm³/mol. The lowest BCUT2D eigenvalue weighted by Crippen LogP contribution is -2.28. The lowest BCUT2D eigenvalue weighted by molar-refractivity contribution is 0.517. The average Bonchev–Trinajstić information content (AvgIpc) is 2.92. The van der Waals surface area contributed by atoms with Gasteiger partial charge in [-0.1, -0.05) is 18.2 Å². The third kappa shape index (κ3) is 3.89.